The summed E-state index contributed by atoms with van der Waals surface area (Å²) in [7, 11) is 0. The highest BCUT2D eigenvalue weighted by atomic mass is 35.5. The summed E-state index contributed by atoms with van der Waals surface area (Å²) in [6.45, 7) is 3.51. The van der Waals surface area contributed by atoms with Crippen LogP contribution in [0.4, 0.5) is 11.8 Å². The van der Waals surface area contributed by atoms with Gasteiger partial charge in [0.2, 0.25) is 5.95 Å². The van der Waals surface area contributed by atoms with Crippen LogP contribution >= 0.6 is 11.6 Å². The summed E-state index contributed by atoms with van der Waals surface area (Å²) in [4.78, 5) is 27.8. The molecule has 1 aliphatic carbocycles. The number of nitrogens with zero attached hydrogens (tertiary/aromatic N) is 4. The Balaban J connectivity index is 1.43. The number of hydrogen-bond acceptors (Lipinski definition) is 6. The molecule has 1 fully saturated rings. The number of nitrogens with two attached hydrogens (primary N) is 2. The molecule has 3 heterocycles. The van der Waals surface area contributed by atoms with E-state index in [-0.39, 0.29) is 16.5 Å². The summed E-state index contributed by atoms with van der Waals surface area (Å²) in [6, 6.07) is 10.4. The highest BCUT2D eigenvalue weighted by molar-refractivity contribution is 6.35. The van der Waals surface area contributed by atoms with Crippen LogP contribution in [0.1, 0.15) is 40.2 Å². The molecule has 2 aromatic heterocycles. The van der Waals surface area contributed by atoms with Crippen LogP contribution in [0.3, 0.4) is 0 Å². The predicted molar refractivity (Wildman–Crippen MR) is 126 cm³/mol. The molecule has 0 bridgehead atoms. The highest BCUT2D eigenvalue weighted by Gasteiger charge is 2.40. The third-order valence-electron chi connectivity index (χ3n) is 6.85. The Morgan fingerprint density at radius 1 is 1.09 bits per heavy atom. The van der Waals surface area contributed by atoms with Crippen molar-refractivity contribution in [1.29, 1.82) is 0 Å². The van der Waals surface area contributed by atoms with Crippen LogP contribution in [0.25, 0.3) is 11.1 Å². The second kappa shape index (κ2) is 7.74. The molecule has 1 amide bonds. The lowest BCUT2D eigenvalue weighted by Crippen LogP contribution is -2.41. The Bertz CT molecular complexity index is 1190. The number of anilines is 2. The summed E-state index contributed by atoms with van der Waals surface area (Å²) >= 11 is 6.37. The maximum absolute atomic E-state index is 12.3. The lowest BCUT2D eigenvalue weighted by Gasteiger charge is -2.39. The fourth-order valence-corrected chi connectivity index (χ4v) is 5.37. The van der Waals surface area contributed by atoms with Gasteiger partial charge < -0.3 is 16.4 Å². The first-order chi connectivity index (χ1) is 15.4. The lowest BCUT2D eigenvalue weighted by atomic mass is 9.76. The predicted octanol–water partition coefficient (Wildman–Crippen LogP) is 3.57. The summed E-state index contributed by atoms with van der Waals surface area (Å²) in [6.07, 6.45) is 5.92. The minimum atomic E-state index is -0.627. The molecule has 0 saturated carbocycles. The minimum Gasteiger partial charge on any atom is -0.382 e. The molecule has 32 heavy (non-hydrogen) atoms. The topological polar surface area (TPSA) is 111 Å². The zero-order valence-electron chi connectivity index (χ0n) is 17.9. The van der Waals surface area contributed by atoms with Gasteiger partial charge in [-0.05, 0) is 55.2 Å². The third kappa shape index (κ3) is 3.46. The number of halogens is 1. The van der Waals surface area contributed by atoms with Crippen molar-refractivity contribution in [3.05, 3.63) is 64.1 Å². The van der Waals surface area contributed by atoms with Gasteiger partial charge in [0, 0.05) is 30.4 Å². The van der Waals surface area contributed by atoms with Crippen molar-refractivity contribution in [2.45, 2.75) is 32.6 Å². The molecule has 7 nitrogen and oxygen atoms in total. The molecule has 2 aliphatic rings. The number of carbonyl (C=O) groups excluding carboxylic acids is 1. The van der Waals surface area contributed by atoms with E-state index < -0.39 is 5.91 Å². The fourth-order valence-electron chi connectivity index (χ4n) is 5.16. The molecule has 1 spiro atoms. The molecule has 0 unspecified atom stereocenters. The molecular formula is C24H25ClN6O. The Labute approximate surface area is 191 Å². The van der Waals surface area contributed by atoms with Gasteiger partial charge in [0.1, 0.15) is 11.5 Å². The number of rotatable bonds is 3. The van der Waals surface area contributed by atoms with Crippen molar-refractivity contribution in [3.8, 4) is 11.1 Å². The number of carbonyl (C=O) groups is 1. The molecule has 4 N–H and O–H groups in total. The van der Waals surface area contributed by atoms with Gasteiger partial charge in [0.05, 0.1) is 10.7 Å². The van der Waals surface area contributed by atoms with E-state index in [1.54, 1.807) is 12.3 Å². The smallest absolute Gasteiger partial charge is 0.268 e. The van der Waals surface area contributed by atoms with Gasteiger partial charge in [-0.25, -0.2) is 15.0 Å². The summed E-state index contributed by atoms with van der Waals surface area (Å²) in [5.74, 6) is 0.0865. The van der Waals surface area contributed by atoms with Gasteiger partial charge in [-0.2, -0.15) is 0 Å². The van der Waals surface area contributed by atoms with Crippen LogP contribution < -0.4 is 16.4 Å². The molecule has 164 valence electrons. The number of amides is 1. The van der Waals surface area contributed by atoms with E-state index in [0.717, 1.165) is 38.8 Å². The Kier molecular flexibility index (Phi) is 5.01. The van der Waals surface area contributed by atoms with Crippen LogP contribution in [0, 0.1) is 12.3 Å². The number of aromatic nitrogens is 3. The molecular weight excluding hydrogens is 424 g/mol. The molecule has 0 atom stereocenters. The van der Waals surface area contributed by atoms with Crippen molar-refractivity contribution in [1.82, 2.24) is 15.0 Å². The lowest BCUT2D eigenvalue weighted by molar-refractivity contribution is 0.0996. The van der Waals surface area contributed by atoms with Gasteiger partial charge in [-0.1, -0.05) is 35.9 Å². The minimum absolute atomic E-state index is 0.147. The van der Waals surface area contributed by atoms with Gasteiger partial charge in [-0.3, -0.25) is 4.79 Å². The van der Waals surface area contributed by atoms with Crippen molar-refractivity contribution >= 4 is 29.3 Å². The largest absolute Gasteiger partial charge is 0.382 e. The average Bonchev–Trinajstić information content (AvgIpc) is 3.13. The number of primary amides is 1. The van der Waals surface area contributed by atoms with Gasteiger partial charge in [0.15, 0.2) is 0 Å². The first-order valence-electron chi connectivity index (χ1n) is 10.8. The van der Waals surface area contributed by atoms with Gasteiger partial charge in [-0.15, -0.1) is 0 Å². The van der Waals surface area contributed by atoms with Crippen LogP contribution in [0.5, 0.6) is 0 Å². The summed E-state index contributed by atoms with van der Waals surface area (Å²) < 4.78 is 0. The van der Waals surface area contributed by atoms with E-state index >= 15 is 0 Å². The molecule has 1 aliphatic heterocycles. The molecule has 1 saturated heterocycles. The van der Waals surface area contributed by atoms with Crippen molar-refractivity contribution in [3.63, 3.8) is 0 Å². The van der Waals surface area contributed by atoms with E-state index in [1.807, 2.05) is 6.92 Å². The molecule has 0 radical (unpaired) electrons. The van der Waals surface area contributed by atoms with Gasteiger partial charge in [0.25, 0.3) is 5.91 Å². The number of hydrogen-bond donors (Lipinski definition) is 2. The number of nitrogen functional groups attached to an aromatic ring is 1. The van der Waals surface area contributed by atoms with Crippen molar-refractivity contribution in [2.75, 3.05) is 23.7 Å². The van der Waals surface area contributed by atoms with E-state index in [9.17, 15) is 4.79 Å². The van der Waals surface area contributed by atoms with E-state index in [1.165, 1.54) is 11.1 Å². The zero-order valence-corrected chi connectivity index (χ0v) is 18.7. The number of aryl methyl sites for hydroxylation is 1. The first-order valence-corrected chi connectivity index (χ1v) is 11.2. The van der Waals surface area contributed by atoms with E-state index in [0.29, 0.717) is 28.2 Å². The van der Waals surface area contributed by atoms with Crippen molar-refractivity contribution < 1.29 is 4.79 Å². The monoisotopic (exact) mass is 448 g/mol. The molecule has 1 aromatic carbocycles. The standard InChI is InChI=1S/C24H25ClN6O/c1-14-18(17-6-9-28-21(26)19(17)25)20(22(27)32)30-23(29-14)31-10-7-24(8-11-31)12-15-4-2-3-5-16(15)13-24/h2-6,9H,7-8,10-13H2,1H3,(H2,26,28)(H2,27,32). The highest BCUT2D eigenvalue weighted by Crippen LogP contribution is 2.45. The number of piperidine rings is 1. The second-order valence-electron chi connectivity index (χ2n) is 8.86. The molecule has 8 heteroatoms. The number of benzene rings is 1. The quantitative estimate of drug-likeness (QED) is 0.633. The Morgan fingerprint density at radius 2 is 1.75 bits per heavy atom. The summed E-state index contributed by atoms with van der Waals surface area (Å²) in [5.41, 5.74) is 16.7. The van der Waals surface area contributed by atoms with Gasteiger partial charge >= 0.3 is 0 Å². The molecule has 5 rings (SSSR count). The Morgan fingerprint density at radius 3 is 2.38 bits per heavy atom. The number of pyridine rings is 1. The van der Waals surface area contributed by atoms with E-state index in [4.69, 9.17) is 28.1 Å². The zero-order chi connectivity index (χ0) is 22.5. The number of fused-ring (bicyclic) bond motifs is 1. The van der Waals surface area contributed by atoms with Crippen molar-refractivity contribution in [2.24, 2.45) is 11.1 Å². The average molecular weight is 449 g/mol. The van der Waals surface area contributed by atoms with Crippen LogP contribution in [-0.2, 0) is 12.8 Å². The van der Waals surface area contributed by atoms with E-state index in [2.05, 4.69) is 39.1 Å². The Hall–Kier alpha value is -3.19. The third-order valence-corrected chi connectivity index (χ3v) is 7.25. The van der Waals surface area contributed by atoms with Crippen LogP contribution in [0.15, 0.2) is 36.5 Å². The van der Waals surface area contributed by atoms with Crippen LogP contribution in [0.2, 0.25) is 5.02 Å². The second-order valence-corrected chi connectivity index (χ2v) is 9.24. The molecule has 3 aromatic rings. The maximum atomic E-state index is 12.3. The normalized spacial score (nSPS) is 16.9. The summed E-state index contributed by atoms with van der Waals surface area (Å²) in [5, 5.41) is 0.259. The SMILES string of the molecule is Cc1nc(N2CCC3(CC2)Cc2ccccc2C3)nc(C(N)=O)c1-c1ccnc(N)c1Cl. The maximum Gasteiger partial charge on any atom is 0.268 e. The van der Waals surface area contributed by atoms with Crippen LogP contribution in [-0.4, -0.2) is 33.9 Å². The fraction of sp³-hybridized carbons (Fsp3) is 0.333. The first kappa shape index (κ1) is 20.7.